The molecule has 1 amide bonds. The van der Waals surface area contributed by atoms with Crippen LogP contribution in [0.5, 0.6) is 5.75 Å². The van der Waals surface area contributed by atoms with Crippen LogP contribution < -0.4 is 21.0 Å². The number of hydrogen-bond acceptors (Lipinski definition) is 4. The zero-order chi connectivity index (χ0) is 25.0. The van der Waals surface area contributed by atoms with Crippen LogP contribution >= 0.6 is 0 Å². The minimum Gasteiger partial charge on any atom is -0.497 e. The van der Waals surface area contributed by atoms with Gasteiger partial charge in [-0.25, -0.2) is 23.5 Å². The normalized spacial score (nSPS) is 22.4. The van der Waals surface area contributed by atoms with E-state index in [0.717, 1.165) is 10.1 Å². The van der Waals surface area contributed by atoms with Crippen LogP contribution in [0.1, 0.15) is 24.6 Å². The number of hydrogen-bond donors (Lipinski definition) is 0. The van der Waals surface area contributed by atoms with Crippen LogP contribution in [0.25, 0.3) is 5.69 Å². The van der Waals surface area contributed by atoms with Crippen molar-refractivity contribution in [1.29, 1.82) is 0 Å². The Labute approximate surface area is 206 Å². The Morgan fingerprint density at radius 1 is 0.778 bits per heavy atom. The number of anilines is 1. The molecule has 8 nitrogen and oxygen atoms in total. The second-order valence-electron chi connectivity index (χ2n) is 9.00. The molecule has 8 heteroatoms. The van der Waals surface area contributed by atoms with E-state index in [1.807, 2.05) is 61.5 Å². The lowest BCUT2D eigenvalue weighted by Crippen LogP contribution is -2.72. The molecule has 3 heterocycles. The second kappa shape index (κ2) is 7.98. The molecule has 180 valence electrons. The van der Waals surface area contributed by atoms with Crippen LogP contribution in [0.15, 0.2) is 107 Å². The standard InChI is InChI=1S/C28H24N4O4/c1-19-17-18-28(32-27(35)30(26(34)31(19)32)21-11-7-4-8-12-21)24(20-9-5-3-6-10-20)29(25(28)33)22-13-15-23(36-2)16-14-22/h3-19,24H,1-2H3/t19?,24-,28-/m1/s1. The molecule has 0 saturated carbocycles. The summed E-state index contributed by atoms with van der Waals surface area (Å²) in [6.07, 6.45) is 3.61. The monoisotopic (exact) mass is 480 g/mol. The summed E-state index contributed by atoms with van der Waals surface area (Å²) >= 11 is 0. The number of para-hydroxylation sites is 1. The third kappa shape index (κ3) is 2.84. The maximum absolute atomic E-state index is 14.1. The lowest BCUT2D eigenvalue weighted by Gasteiger charge is -2.56. The van der Waals surface area contributed by atoms with Crippen molar-refractivity contribution in [3.05, 3.63) is 124 Å². The van der Waals surface area contributed by atoms with Crippen LogP contribution in [0.2, 0.25) is 0 Å². The van der Waals surface area contributed by atoms with Gasteiger partial charge >= 0.3 is 11.4 Å². The third-order valence-electron chi connectivity index (χ3n) is 7.06. The van der Waals surface area contributed by atoms with Crippen molar-refractivity contribution in [3.63, 3.8) is 0 Å². The van der Waals surface area contributed by atoms with Crippen LogP contribution in [0, 0.1) is 0 Å². The fraction of sp³-hybridized carbons (Fsp3) is 0.179. The molecule has 2 aliphatic heterocycles. The van der Waals surface area contributed by atoms with Gasteiger partial charge < -0.3 is 4.74 Å². The Balaban J connectivity index is 1.60. The molecule has 0 N–H and O–H groups in total. The van der Waals surface area contributed by atoms with Gasteiger partial charge in [0.15, 0.2) is 5.54 Å². The van der Waals surface area contributed by atoms with E-state index in [4.69, 9.17) is 4.74 Å². The highest BCUT2D eigenvalue weighted by atomic mass is 16.5. The Bertz CT molecular complexity index is 1600. The molecule has 0 aliphatic carbocycles. The Morgan fingerprint density at radius 3 is 2.06 bits per heavy atom. The van der Waals surface area contributed by atoms with E-state index in [2.05, 4.69) is 0 Å². The van der Waals surface area contributed by atoms with Gasteiger partial charge in [-0.05, 0) is 55.0 Å². The molecular formula is C28H24N4O4. The number of carbonyl (C=O) groups is 1. The lowest BCUT2D eigenvalue weighted by atomic mass is 9.73. The molecular weight excluding hydrogens is 456 g/mol. The molecule has 1 unspecified atom stereocenters. The number of fused-ring (bicyclic) bond motifs is 2. The molecule has 0 bridgehead atoms. The first-order chi connectivity index (χ1) is 17.5. The average molecular weight is 481 g/mol. The SMILES string of the molecule is COc1ccc(N2C(=O)[C@@]3(C=CC(C)n4c(=O)n(-c5ccccc5)c(=O)n43)[C@H]2c2ccccc2)cc1. The first-order valence-corrected chi connectivity index (χ1v) is 11.7. The van der Waals surface area contributed by atoms with Gasteiger partial charge in [0.1, 0.15) is 11.8 Å². The third-order valence-corrected chi connectivity index (χ3v) is 7.06. The molecule has 1 fully saturated rings. The van der Waals surface area contributed by atoms with Crippen molar-refractivity contribution in [1.82, 2.24) is 13.9 Å². The fourth-order valence-corrected chi connectivity index (χ4v) is 5.36. The summed E-state index contributed by atoms with van der Waals surface area (Å²) < 4.78 is 9.17. The summed E-state index contributed by atoms with van der Waals surface area (Å²) in [5.41, 5.74) is -0.429. The predicted octanol–water partition coefficient (Wildman–Crippen LogP) is 3.42. The van der Waals surface area contributed by atoms with Gasteiger partial charge in [-0.3, -0.25) is 9.69 Å². The summed E-state index contributed by atoms with van der Waals surface area (Å²) in [5.74, 6) is 0.389. The van der Waals surface area contributed by atoms with E-state index in [9.17, 15) is 14.4 Å². The zero-order valence-corrected chi connectivity index (χ0v) is 19.8. The van der Waals surface area contributed by atoms with Crippen LogP contribution in [-0.4, -0.2) is 26.9 Å². The quantitative estimate of drug-likeness (QED) is 0.331. The Kier molecular flexibility index (Phi) is 4.86. The van der Waals surface area contributed by atoms with E-state index in [-0.39, 0.29) is 5.91 Å². The van der Waals surface area contributed by atoms with E-state index in [1.165, 1.54) is 9.36 Å². The summed E-state index contributed by atoms with van der Waals surface area (Å²) in [4.78, 5) is 43.3. The fourth-order valence-electron chi connectivity index (χ4n) is 5.36. The van der Waals surface area contributed by atoms with Crippen molar-refractivity contribution >= 4 is 11.6 Å². The van der Waals surface area contributed by atoms with Crippen molar-refractivity contribution < 1.29 is 9.53 Å². The number of aromatic nitrogens is 3. The Morgan fingerprint density at radius 2 is 1.42 bits per heavy atom. The molecule has 3 aromatic carbocycles. The number of amides is 1. The maximum atomic E-state index is 14.1. The van der Waals surface area contributed by atoms with Crippen LogP contribution in [-0.2, 0) is 10.3 Å². The minimum atomic E-state index is -1.38. The summed E-state index contributed by atoms with van der Waals surface area (Å²) in [7, 11) is 1.59. The summed E-state index contributed by atoms with van der Waals surface area (Å²) in [6, 6.07) is 24.6. The number of nitrogens with zero attached hydrogens (tertiary/aromatic N) is 4. The number of benzene rings is 3. The smallest absolute Gasteiger partial charge is 0.353 e. The molecule has 3 atom stereocenters. The van der Waals surface area contributed by atoms with E-state index in [0.29, 0.717) is 17.1 Å². The first kappa shape index (κ1) is 21.9. The van der Waals surface area contributed by atoms with Gasteiger partial charge in [-0.1, -0.05) is 54.6 Å². The number of carbonyl (C=O) groups excluding carboxylic acids is 1. The molecule has 1 aromatic heterocycles. The molecule has 1 saturated heterocycles. The van der Waals surface area contributed by atoms with Gasteiger partial charge in [-0.15, -0.1) is 0 Å². The zero-order valence-electron chi connectivity index (χ0n) is 19.8. The van der Waals surface area contributed by atoms with Gasteiger partial charge in [-0.2, -0.15) is 0 Å². The molecule has 1 spiro atoms. The predicted molar refractivity (Wildman–Crippen MR) is 136 cm³/mol. The average Bonchev–Trinajstić information content (AvgIpc) is 3.19. The number of allylic oxidation sites excluding steroid dienone is 1. The molecule has 2 aliphatic rings. The van der Waals surface area contributed by atoms with Crippen molar-refractivity contribution in [2.75, 3.05) is 12.0 Å². The van der Waals surface area contributed by atoms with Gasteiger partial charge in [0, 0.05) is 5.69 Å². The van der Waals surface area contributed by atoms with Gasteiger partial charge in [0.05, 0.1) is 18.8 Å². The number of methoxy groups -OCH3 is 1. The van der Waals surface area contributed by atoms with Gasteiger partial charge in [0.25, 0.3) is 5.91 Å². The van der Waals surface area contributed by atoms with E-state index in [1.54, 1.807) is 54.5 Å². The maximum Gasteiger partial charge on any atom is 0.353 e. The number of β-lactam (4-membered cyclic amide) rings is 1. The lowest BCUT2D eigenvalue weighted by molar-refractivity contribution is -0.136. The minimum absolute atomic E-state index is 0.286. The topological polar surface area (TPSA) is 78.5 Å². The molecule has 0 radical (unpaired) electrons. The highest BCUT2D eigenvalue weighted by molar-refractivity contribution is 6.09. The van der Waals surface area contributed by atoms with E-state index >= 15 is 0 Å². The van der Waals surface area contributed by atoms with Gasteiger partial charge in [0.2, 0.25) is 0 Å². The van der Waals surface area contributed by atoms with Crippen molar-refractivity contribution in [2.24, 2.45) is 0 Å². The van der Waals surface area contributed by atoms with Crippen molar-refractivity contribution in [2.45, 2.75) is 24.5 Å². The van der Waals surface area contributed by atoms with Crippen molar-refractivity contribution in [3.8, 4) is 11.4 Å². The number of ether oxygens (including phenoxy) is 1. The molecule has 4 aromatic rings. The van der Waals surface area contributed by atoms with Crippen LogP contribution in [0.4, 0.5) is 5.69 Å². The molecule has 36 heavy (non-hydrogen) atoms. The Hall–Kier alpha value is -4.59. The van der Waals surface area contributed by atoms with Crippen LogP contribution in [0.3, 0.4) is 0 Å². The first-order valence-electron chi connectivity index (χ1n) is 11.7. The largest absolute Gasteiger partial charge is 0.497 e. The van der Waals surface area contributed by atoms with E-state index < -0.39 is 29.0 Å². The summed E-state index contributed by atoms with van der Waals surface area (Å²) in [5, 5.41) is 0. The summed E-state index contributed by atoms with van der Waals surface area (Å²) in [6.45, 7) is 1.83. The highest BCUT2D eigenvalue weighted by Crippen LogP contribution is 2.52. The molecule has 6 rings (SSSR count). The highest BCUT2D eigenvalue weighted by Gasteiger charge is 2.65. The second-order valence-corrected chi connectivity index (χ2v) is 9.00. The number of rotatable bonds is 4.